The minimum atomic E-state index is -0.307. The van der Waals surface area contributed by atoms with Gasteiger partial charge in [0.15, 0.2) is 5.82 Å². The Morgan fingerprint density at radius 2 is 2.27 bits per heavy atom. The number of rotatable bonds is 1. The number of nitrogen functional groups attached to an aromatic ring is 1. The highest BCUT2D eigenvalue weighted by molar-refractivity contribution is 9.10. The van der Waals surface area contributed by atoms with Crippen molar-refractivity contribution in [2.24, 2.45) is 0 Å². The third kappa shape index (κ3) is 2.08. The van der Waals surface area contributed by atoms with Gasteiger partial charge in [-0.2, -0.15) is 0 Å². The van der Waals surface area contributed by atoms with E-state index < -0.39 is 0 Å². The number of amides is 1. The summed E-state index contributed by atoms with van der Waals surface area (Å²) < 4.78 is 13.6. The molecule has 0 radical (unpaired) electrons. The van der Waals surface area contributed by atoms with E-state index in [0.717, 1.165) is 0 Å². The van der Waals surface area contributed by atoms with Crippen molar-refractivity contribution in [2.75, 3.05) is 32.1 Å². The Bertz CT molecular complexity index is 749. The molecule has 2 aliphatic rings. The second kappa shape index (κ2) is 5.18. The lowest BCUT2D eigenvalue weighted by Crippen LogP contribution is -2.56. The summed E-state index contributed by atoms with van der Waals surface area (Å²) in [6, 6.07) is -0.0149. The zero-order chi connectivity index (χ0) is 15.3. The average molecular weight is 368 g/mol. The van der Waals surface area contributed by atoms with E-state index in [4.69, 9.17) is 15.2 Å². The molecule has 2 fully saturated rings. The van der Waals surface area contributed by atoms with Gasteiger partial charge in [-0.25, -0.2) is 9.97 Å². The van der Waals surface area contributed by atoms with E-state index in [1.165, 1.54) is 0 Å². The molecule has 2 saturated heterocycles. The number of ether oxygens (including phenoxy) is 2. The van der Waals surface area contributed by atoms with Crippen molar-refractivity contribution in [3.8, 4) is 0 Å². The van der Waals surface area contributed by atoms with Gasteiger partial charge in [0.05, 0.1) is 25.8 Å². The van der Waals surface area contributed by atoms with Gasteiger partial charge in [-0.3, -0.25) is 9.20 Å². The first-order valence-corrected chi connectivity index (χ1v) is 7.71. The van der Waals surface area contributed by atoms with Gasteiger partial charge < -0.3 is 20.1 Å². The highest BCUT2D eigenvalue weighted by Gasteiger charge is 2.37. The molecule has 0 spiro atoms. The summed E-state index contributed by atoms with van der Waals surface area (Å²) >= 11 is 3.41. The summed E-state index contributed by atoms with van der Waals surface area (Å²) in [5, 5.41) is 0. The minimum absolute atomic E-state index is 0.00865. The molecule has 4 heterocycles. The Morgan fingerprint density at radius 1 is 1.41 bits per heavy atom. The predicted octanol–water partition coefficient (Wildman–Crippen LogP) is 0.373. The van der Waals surface area contributed by atoms with Crippen LogP contribution in [0.25, 0.3) is 5.52 Å². The van der Waals surface area contributed by atoms with Gasteiger partial charge in [-0.15, -0.1) is 0 Å². The Balaban J connectivity index is 1.71. The number of fused-ring (bicyclic) bond motifs is 2. The molecule has 0 unspecified atom stereocenters. The van der Waals surface area contributed by atoms with Crippen LogP contribution in [0, 0.1) is 0 Å². The fourth-order valence-electron chi connectivity index (χ4n) is 2.93. The predicted molar refractivity (Wildman–Crippen MR) is 80.1 cm³/mol. The molecule has 116 valence electrons. The van der Waals surface area contributed by atoms with Gasteiger partial charge in [-0.1, -0.05) is 0 Å². The second-order valence-electron chi connectivity index (χ2n) is 5.33. The van der Waals surface area contributed by atoms with Gasteiger partial charge >= 0.3 is 0 Å². The van der Waals surface area contributed by atoms with Crippen LogP contribution < -0.4 is 5.73 Å². The summed E-state index contributed by atoms with van der Waals surface area (Å²) in [6.07, 6.45) is 3.10. The number of imidazole rings is 1. The maximum absolute atomic E-state index is 12.0. The standard InChI is InChI=1S/C13H14BrN5O3/c14-11-10-12(15)16-1-2-18(10)13(17-11)8-3-19-7(5-22-8)4-21-6-9(19)20/h1-2,7-8H,3-6H2,(H2,15,16)/t7-,8-/m1/s1. The number of carbonyl (C=O) groups excluding carboxylic acids is 1. The quantitative estimate of drug-likeness (QED) is 0.782. The molecule has 2 aromatic rings. The number of nitrogens with two attached hydrogens (primary N) is 1. The van der Waals surface area contributed by atoms with Crippen molar-refractivity contribution in [2.45, 2.75) is 12.1 Å². The molecule has 8 nitrogen and oxygen atoms in total. The third-order valence-electron chi connectivity index (χ3n) is 4.01. The number of hydrogen-bond acceptors (Lipinski definition) is 6. The van der Waals surface area contributed by atoms with Crippen molar-refractivity contribution in [3.05, 3.63) is 22.8 Å². The molecule has 4 rings (SSSR count). The molecular weight excluding hydrogens is 354 g/mol. The first-order valence-electron chi connectivity index (χ1n) is 6.92. The second-order valence-corrected chi connectivity index (χ2v) is 6.08. The van der Waals surface area contributed by atoms with Crippen LogP contribution in [0.5, 0.6) is 0 Å². The average Bonchev–Trinajstić information content (AvgIpc) is 2.86. The zero-order valence-electron chi connectivity index (χ0n) is 11.6. The molecular formula is C13H14BrN5O3. The van der Waals surface area contributed by atoms with Gasteiger partial charge in [0.2, 0.25) is 5.91 Å². The number of halogens is 1. The van der Waals surface area contributed by atoms with Crippen LogP contribution in [-0.2, 0) is 14.3 Å². The molecule has 9 heteroatoms. The number of morpholine rings is 2. The van der Waals surface area contributed by atoms with Crippen LogP contribution in [-0.4, -0.2) is 57.6 Å². The van der Waals surface area contributed by atoms with Crippen molar-refractivity contribution in [1.29, 1.82) is 0 Å². The van der Waals surface area contributed by atoms with E-state index in [2.05, 4.69) is 25.9 Å². The molecule has 2 aliphatic heterocycles. The maximum atomic E-state index is 12.0. The first kappa shape index (κ1) is 13.9. The number of aromatic nitrogens is 3. The molecule has 22 heavy (non-hydrogen) atoms. The van der Waals surface area contributed by atoms with Crippen LogP contribution in [0.2, 0.25) is 0 Å². The lowest BCUT2D eigenvalue weighted by Gasteiger charge is -2.41. The van der Waals surface area contributed by atoms with Crippen LogP contribution in [0.4, 0.5) is 5.82 Å². The lowest BCUT2D eigenvalue weighted by atomic mass is 10.1. The Labute approximate surface area is 134 Å². The highest BCUT2D eigenvalue weighted by Crippen LogP contribution is 2.30. The molecule has 2 atom stereocenters. The number of anilines is 1. The smallest absolute Gasteiger partial charge is 0.249 e. The van der Waals surface area contributed by atoms with Crippen LogP contribution in [0.3, 0.4) is 0 Å². The summed E-state index contributed by atoms with van der Waals surface area (Å²) in [5.41, 5.74) is 6.61. The number of carbonyl (C=O) groups is 1. The Morgan fingerprint density at radius 3 is 3.14 bits per heavy atom. The van der Waals surface area contributed by atoms with E-state index in [-0.39, 0.29) is 24.7 Å². The lowest BCUT2D eigenvalue weighted by molar-refractivity contribution is -0.166. The Kier molecular flexibility index (Phi) is 3.28. The van der Waals surface area contributed by atoms with E-state index in [1.807, 2.05) is 9.30 Å². The third-order valence-corrected chi connectivity index (χ3v) is 4.56. The maximum Gasteiger partial charge on any atom is 0.249 e. The summed E-state index contributed by atoms with van der Waals surface area (Å²) in [7, 11) is 0. The highest BCUT2D eigenvalue weighted by atomic mass is 79.9. The van der Waals surface area contributed by atoms with E-state index >= 15 is 0 Å². The monoisotopic (exact) mass is 367 g/mol. The van der Waals surface area contributed by atoms with Crippen LogP contribution in [0.15, 0.2) is 17.0 Å². The van der Waals surface area contributed by atoms with Crippen LogP contribution in [0.1, 0.15) is 11.9 Å². The minimum Gasteiger partial charge on any atom is -0.382 e. The molecule has 1 amide bonds. The van der Waals surface area contributed by atoms with Crippen molar-refractivity contribution in [1.82, 2.24) is 19.3 Å². The van der Waals surface area contributed by atoms with E-state index in [1.54, 1.807) is 12.4 Å². The first-order chi connectivity index (χ1) is 10.6. The SMILES string of the molecule is Nc1nccn2c([C@H]3CN4C(=O)COC[C@@H]4CO3)nc(Br)c12. The topological polar surface area (TPSA) is 95.0 Å². The fraction of sp³-hybridized carbons (Fsp3) is 0.462. The van der Waals surface area contributed by atoms with Gasteiger partial charge in [0, 0.05) is 12.4 Å². The molecule has 2 N–H and O–H groups in total. The fourth-order valence-corrected chi connectivity index (χ4v) is 3.51. The van der Waals surface area contributed by atoms with Crippen molar-refractivity contribution >= 4 is 33.2 Å². The molecule has 0 bridgehead atoms. The zero-order valence-corrected chi connectivity index (χ0v) is 13.2. The normalized spacial score (nSPS) is 25.5. The number of hydrogen-bond donors (Lipinski definition) is 1. The molecule has 2 aromatic heterocycles. The molecule has 0 aromatic carbocycles. The van der Waals surface area contributed by atoms with E-state index in [0.29, 0.717) is 41.5 Å². The number of nitrogens with zero attached hydrogens (tertiary/aromatic N) is 4. The summed E-state index contributed by atoms with van der Waals surface area (Å²) in [6.45, 7) is 1.54. The summed E-state index contributed by atoms with van der Waals surface area (Å²) in [5.74, 6) is 1.09. The van der Waals surface area contributed by atoms with Crippen molar-refractivity contribution < 1.29 is 14.3 Å². The van der Waals surface area contributed by atoms with Gasteiger partial charge in [0.25, 0.3) is 0 Å². The summed E-state index contributed by atoms with van der Waals surface area (Å²) in [4.78, 5) is 22.4. The molecule has 0 saturated carbocycles. The van der Waals surface area contributed by atoms with Crippen LogP contribution >= 0.6 is 15.9 Å². The van der Waals surface area contributed by atoms with E-state index in [9.17, 15) is 4.79 Å². The van der Waals surface area contributed by atoms with Gasteiger partial charge in [-0.05, 0) is 15.9 Å². The van der Waals surface area contributed by atoms with Gasteiger partial charge in [0.1, 0.15) is 28.7 Å². The Hall–Kier alpha value is -1.71. The largest absolute Gasteiger partial charge is 0.382 e. The molecule has 0 aliphatic carbocycles. The van der Waals surface area contributed by atoms with Crippen molar-refractivity contribution in [3.63, 3.8) is 0 Å².